The smallest absolute Gasteiger partial charge is 0.257 e. The van der Waals surface area contributed by atoms with Gasteiger partial charge in [0.2, 0.25) is 5.91 Å². The molecular formula is C22H31N3O3S. The molecule has 0 radical (unpaired) electrons. The number of benzene rings is 1. The predicted molar refractivity (Wildman–Crippen MR) is 118 cm³/mol. The molecule has 29 heavy (non-hydrogen) atoms. The summed E-state index contributed by atoms with van der Waals surface area (Å²) in [5, 5.41) is 3.19. The zero-order valence-corrected chi connectivity index (χ0v) is 18.6. The van der Waals surface area contributed by atoms with Crippen molar-refractivity contribution in [3.63, 3.8) is 0 Å². The van der Waals surface area contributed by atoms with Gasteiger partial charge in [-0.1, -0.05) is 61.9 Å². The molecule has 1 unspecified atom stereocenters. The minimum Gasteiger partial charge on any atom is -0.383 e. The lowest BCUT2D eigenvalue weighted by molar-refractivity contribution is -0.120. The fraction of sp³-hybridized carbons (Fsp3) is 0.500. The number of carbonyl (C=O) groups is 1. The van der Waals surface area contributed by atoms with Gasteiger partial charge in [-0.15, -0.1) is 0 Å². The fourth-order valence-corrected chi connectivity index (χ4v) is 4.15. The summed E-state index contributed by atoms with van der Waals surface area (Å²) in [6.45, 7) is 4.91. The lowest BCUT2D eigenvalue weighted by Gasteiger charge is -2.18. The molecule has 2 rings (SSSR count). The number of hydrogen-bond donors (Lipinski definition) is 1. The van der Waals surface area contributed by atoms with Gasteiger partial charge in [-0.3, -0.25) is 14.2 Å². The number of carbonyl (C=O) groups excluding carboxylic acids is 1. The third-order valence-corrected chi connectivity index (χ3v) is 6.05. The summed E-state index contributed by atoms with van der Waals surface area (Å²) in [6.07, 6.45) is 3.23. The minimum absolute atomic E-state index is 0.0410. The van der Waals surface area contributed by atoms with Crippen molar-refractivity contribution in [1.82, 2.24) is 14.9 Å². The normalized spacial score (nSPS) is 12.0. The predicted octanol–water partition coefficient (Wildman–Crippen LogP) is 3.09. The van der Waals surface area contributed by atoms with E-state index in [2.05, 4.69) is 17.2 Å². The Morgan fingerprint density at radius 2 is 2.03 bits per heavy atom. The highest BCUT2D eigenvalue weighted by molar-refractivity contribution is 8.00. The molecule has 1 N–H and O–H groups in total. The monoisotopic (exact) mass is 417 g/mol. The van der Waals surface area contributed by atoms with Gasteiger partial charge in [-0.25, -0.2) is 4.98 Å². The second kappa shape index (κ2) is 11.8. The van der Waals surface area contributed by atoms with Crippen LogP contribution in [0.2, 0.25) is 0 Å². The van der Waals surface area contributed by atoms with E-state index < -0.39 is 0 Å². The Kier molecular flexibility index (Phi) is 9.41. The average molecular weight is 418 g/mol. The Morgan fingerprint density at radius 1 is 1.31 bits per heavy atom. The molecule has 2 aromatic rings. The van der Waals surface area contributed by atoms with Crippen LogP contribution >= 0.6 is 11.8 Å². The number of unbranched alkanes of at least 4 members (excludes halogenated alkanes) is 1. The number of amides is 1. The van der Waals surface area contributed by atoms with Crippen LogP contribution in [-0.4, -0.2) is 41.0 Å². The van der Waals surface area contributed by atoms with Crippen molar-refractivity contribution in [1.29, 1.82) is 0 Å². The summed E-state index contributed by atoms with van der Waals surface area (Å²) in [6, 6.07) is 9.90. The number of ether oxygens (including phenoxy) is 1. The molecule has 158 valence electrons. The zero-order chi connectivity index (χ0) is 21.2. The molecule has 1 atom stereocenters. The molecule has 0 fully saturated rings. The standard InChI is InChI=1S/C22H31N3O3S/c1-5-6-12-19(20(26)23-13-14-28-4)29-22-24-16(2)18(21(27)25(22)3)15-17-10-8-7-9-11-17/h7-11,19H,5-6,12-15H2,1-4H3,(H,23,26). The number of hydrogen-bond acceptors (Lipinski definition) is 5. The molecule has 0 spiro atoms. The van der Waals surface area contributed by atoms with E-state index in [1.54, 1.807) is 18.7 Å². The fourth-order valence-electron chi connectivity index (χ4n) is 2.99. The molecule has 1 aromatic heterocycles. The molecule has 1 amide bonds. The number of nitrogens with one attached hydrogen (secondary N) is 1. The lowest BCUT2D eigenvalue weighted by atomic mass is 10.1. The Morgan fingerprint density at radius 3 is 2.69 bits per heavy atom. The van der Waals surface area contributed by atoms with Crippen molar-refractivity contribution in [3.8, 4) is 0 Å². The van der Waals surface area contributed by atoms with Crippen LogP contribution in [0.25, 0.3) is 0 Å². The Labute approximate surface area is 177 Å². The van der Waals surface area contributed by atoms with E-state index in [0.717, 1.165) is 24.8 Å². The molecule has 6 nitrogen and oxygen atoms in total. The molecule has 7 heteroatoms. The zero-order valence-electron chi connectivity index (χ0n) is 17.7. The topological polar surface area (TPSA) is 73.2 Å². The lowest BCUT2D eigenvalue weighted by Crippen LogP contribution is -2.35. The summed E-state index contributed by atoms with van der Waals surface area (Å²) < 4.78 is 6.57. The molecule has 0 saturated heterocycles. The maximum Gasteiger partial charge on any atom is 0.257 e. The van der Waals surface area contributed by atoms with Crippen LogP contribution in [0.15, 0.2) is 40.3 Å². The van der Waals surface area contributed by atoms with E-state index >= 15 is 0 Å². The Bertz CT molecular complexity index is 852. The quantitative estimate of drug-likeness (QED) is 0.346. The third kappa shape index (κ3) is 6.72. The van der Waals surface area contributed by atoms with E-state index in [0.29, 0.717) is 36.0 Å². The molecular weight excluding hydrogens is 386 g/mol. The van der Waals surface area contributed by atoms with E-state index in [1.165, 1.54) is 11.8 Å². The van der Waals surface area contributed by atoms with E-state index in [1.807, 2.05) is 37.3 Å². The van der Waals surface area contributed by atoms with Crippen molar-refractivity contribution >= 4 is 17.7 Å². The van der Waals surface area contributed by atoms with Gasteiger partial charge in [0.25, 0.3) is 5.56 Å². The van der Waals surface area contributed by atoms with E-state index in [9.17, 15) is 9.59 Å². The van der Waals surface area contributed by atoms with Crippen molar-refractivity contribution in [2.24, 2.45) is 7.05 Å². The second-order valence-electron chi connectivity index (χ2n) is 7.02. The Balaban J connectivity index is 2.23. The second-order valence-corrected chi connectivity index (χ2v) is 8.19. The molecule has 1 heterocycles. The van der Waals surface area contributed by atoms with Gasteiger partial charge >= 0.3 is 0 Å². The molecule has 0 aliphatic heterocycles. The van der Waals surface area contributed by atoms with Crippen molar-refractivity contribution in [2.45, 2.75) is 49.9 Å². The van der Waals surface area contributed by atoms with Gasteiger partial charge in [0.05, 0.1) is 11.9 Å². The van der Waals surface area contributed by atoms with Crippen LogP contribution in [0.1, 0.15) is 43.0 Å². The van der Waals surface area contributed by atoms with Crippen LogP contribution in [0.5, 0.6) is 0 Å². The maximum absolute atomic E-state index is 13.0. The summed E-state index contributed by atoms with van der Waals surface area (Å²) in [5.41, 5.74) is 2.43. The summed E-state index contributed by atoms with van der Waals surface area (Å²) >= 11 is 1.36. The van der Waals surface area contributed by atoms with Gasteiger partial charge in [0.15, 0.2) is 5.16 Å². The number of thioether (sulfide) groups is 1. The molecule has 1 aromatic carbocycles. The van der Waals surface area contributed by atoms with Crippen LogP contribution in [0, 0.1) is 6.92 Å². The van der Waals surface area contributed by atoms with Gasteiger partial charge in [0.1, 0.15) is 0 Å². The summed E-state index contributed by atoms with van der Waals surface area (Å²) in [4.78, 5) is 30.3. The van der Waals surface area contributed by atoms with Crippen LogP contribution < -0.4 is 10.9 Å². The highest BCUT2D eigenvalue weighted by Crippen LogP contribution is 2.25. The van der Waals surface area contributed by atoms with Crippen LogP contribution in [0.4, 0.5) is 0 Å². The highest BCUT2D eigenvalue weighted by Gasteiger charge is 2.22. The maximum atomic E-state index is 13.0. The average Bonchev–Trinajstić information content (AvgIpc) is 2.72. The first-order valence-corrected chi connectivity index (χ1v) is 10.9. The van der Waals surface area contributed by atoms with Crippen molar-refractivity contribution in [3.05, 3.63) is 57.5 Å². The number of aromatic nitrogens is 2. The van der Waals surface area contributed by atoms with Crippen molar-refractivity contribution in [2.75, 3.05) is 20.3 Å². The largest absolute Gasteiger partial charge is 0.383 e. The number of rotatable bonds is 11. The molecule has 0 aliphatic carbocycles. The minimum atomic E-state index is -0.288. The summed E-state index contributed by atoms with van der Waals surface area (Å²) in [7, 11) is 3.33. The SMILES string of the molecule is CCCCC(Sc1nc(C)c(Cc2ccccc2)c(=O)n1C)C(=O)NCCOC. The molecule has 0 saturated carbocycles. The van der Waals surface area contributed by atoms with Crippen LogP contribution in [-0.2, 0) is 23.0 Å². The van der Waals surface area contributed by atoms with E-state index in [-0.39, 0.29) is 16.7 Å². The molecule has 0 bridgehead atoms. The number of nitrogens with zero attached hydrogens (tertiary/aromatic N) is 2. The Hall–Kier alpha value is -2.12. The first kappa shape index (κ1) is 23.2. The van der Waals surface area contributed by atoms with E-state index in [4.69, 9.17) is 4.74 Å². The highest BCUT2D eigenvalue weighted by atomic mass is 32.2. The van der Waals surface area contributed by atoms with Gasteiger partial charge in [0, 0.05) is 38.4 Å². The van der Waals surface area contributed by atoms with Gasteiger partial charge < -0.3 is 10.1 Å². The van der Waals surface area contributed by atoms with Crippen LogP contribution in [0.3, 0.4) is 0 Å². The first-order chi connectivity index (χ1) is 14.0. The summed E-state index contributed by atoms with van der Waals surface area (Å²) in [5.74, 6) is -0.0410. The number of methoxy groups -OCH3 is 1. The third-order valence-electron chi connectivity index (χ3n) is 4.74. The number of aryl methyl sites for hydroxylation is 1. The van der Waals surface area contributed by atoms with Gasteiger partial charge in [-0.2, -0.15) is 0 Å². The first-order valence-electron chi connectivity index (χ1n) is 10.0. The molecule has 0 aliphatic rings. The van der Waals surface area contributed by atoms with Gasteiger partial charge in [-0.05, 0) is 18.9 Å². The van der Waals surface area contributed by atoms with Crippen molar-refractivity contribution < 1.29 is 9.53 Å².